The molecule has 0 aromatic carbocycles. The Morgan fingerprint density at radius 3 is 3.06 bits per heavy atom. The van der Waals surface area contributed by atoms with Crippen LogP contribution in [0.1, 0.15) is 25.8 Å². The van der Waals surface area contributed by atoms with E-state index in [-0.39, 0.29) is 18.1 Å². The van der Waals surface area contributed by atoms with Crippen molar-refractivity contribution in [2.24, 2.45) is 5.92 Å². The monoisotopic (exact) mass is 223 g/mol. The molecule has 5 heteroatoms. The highest BCUT2D eigenvalue weighted by atomic mass is 16.3. The molecule has 1 unspecified atom stereocenters. The minimum Gasteiger partial charge on any atom is -0.396 e. The van der Waals surface area contributed by atoms with Gasteiger partial charge in [-0.15, -0.1) is 0 Å². The summed E-state index contributed by atoms with van der Waals surface area (Å²) >= 11 is 0. The van der Waals surface area contributed by atoms with Gasteiger partial charge in [0.25, 0.3) is 5.56 Å². The van der Waals surface area contributed by atoms with Gasteiger partial charge in [-0.1, -0.05) is 6.92 Å². The Labute approximate surface area is 94.1 Å². The topological polar surface area (TPSA) is 67.2 Å². The van der Waals surface area contributed by atoms with Crippen molar-refractivity contribution >= 4 is 5.82 Å². The Balaban J connectivity index is 2.09. The summed E-state index contributed by atoms with van der Waals surface area (Å²) < 4.78 is 1.74. The molecule has 1 heterocycles. The molecular formula is C11H17N3O2. The SMILES string of the molecule is CC(CO)CNc1nccn(C2CC2)c1=O. The van der Waals surface area contributed by atoms with E-state index in [1.807, 2.05) is 6.92 Å². The fourth-order valence-corrected chi connectivity index (χ4v) is 1.52. The van der Waals surface area contributed by atoms with Crippen molar-refractivity contribution in [3.05, 3.63) is 22.7 Å². The van der Waals surface area contributed by atoms with Gasteiger partial charge in [0.1, 0.15) is 0 Å². The van der Waals surface area contributed by atoms with Gasteiger partial charge in [0.05, 0.1) is 0 Å². The molecular weight excluding hydrogens is 206 g/mol. The summed E-state index contributed by atoms with van der Waals surface area (Å²) in [5, 5.41) is 11.9. The van der Waals surface area contributed by atoms with Crippen molar-refractivity contribution < 1.29 is 5.11 Å². The Morgan fingerprint density at radius 1 is 1.69 bits per heavy atom. The van der Waals surface area contributed by atoms with Crippen LogP contribution < -0.4 is 10.9 Å². The molecule has 2 N–H and O–H groups in total. The molecule has 16 heavy (non-hydrogen) atoms. The third-order valence-corrected chi connectivity index (χ3v) is 2.74. The summed E-state index contributed by atoms with van der Waals surface area (Å²) in [4.78, 5) is 16.0. The van der Waals surface area contributed by atoms with Gasteiger partial charge in [-0.05, 0) is 18.8 Å². The van der Waals surface area contributed by atoms with Crippen molar-refractivity contribution in [3.63, 3.8) is 0 Å². The molecule has 1 aliphatic carbocycles. The first-order chi connectivity index (χ1) is 7.72. The van der Waals surface area contributed by atoms with Gasteiger partial charge in [-0.25, -0.2) is 4.98 Å². The van der Waals surface area contributed by atoms with E-state index < -0.39 is 0 Å². The fraction of sp³-hybridized carbons (Fsp3) is 0.636. The maximum atomic E-state index is 11.9. The normalized spacial score (nSPS) is 17.1. The second-order valence-corrected chi connectivity index (χ2v) is 4.39. The van der Waals surface area contributed by atoms with E-state index >= 15 is 0 Å². The Hall–Kier alpha value is -1.36. The highest BCUT2D eigenvalue weighted by Gasteiger charge is 2.25. The predicted octanol–water partition coefficient (Wildman–Crippen LogP) is 0.618. The molecule has 0 saturated heterocycles. The number of hydrogen-bond donors (Lipinski definition) is 2. The zero-order chi connectivity index (χ0) is 11.5. The molecule has 1 aromatic rings. The summed E-state index contributed by atoms with van der Waals surface area (Å²) in [5.41, 5.74) is -0.0601. The third kappa shape index (κ3) is 2.41. The van der Waals surface area contributed by atoms with Crippen LogP contribution in [-0.4, -0.2) is 27.8 Å². The first-order valence-corrected chi connectivity index (χ1v) is 5.64. The molecule has 0 aliphatic heterocycles. The van der Waals surface area contributed by atoms with Crippen molar-refractivity contribution in [2.45, 2.75) is 25.8 Å². The maximum Gasteiger partial charge on any atom is 0.293 e. The number of nitrogens with zero attached hydrogens (tertiary/aromatic N) is 2. The van der Waals surface area contributed by atoms with E-state index in [4.69, 9.17) is 5.11 Å². The van der Waals surface area contributed by atoms with Crippen LogP contribution in [-0.2, 0) is 0 Å². The number of hydrogen-bond acceptors (Lipinski definition) is 4. The van der Waals surface area contributed by atoms with Gasteiger partial charge in [0, 0.05) is 31.6 Å². The Bertz CT molecular complexity index is 412. The number of aromatic nitrogens is 2. The lowest BCUT2D eigenvalue weighted by molar-refractivity contribution is 0.244. The van der Waals surface area contributed by atoms with Crippen LogP contribution in [0.4, 0.5) is 5.82 Å². The van der Waals surface area contributed by atoms with E-state index in [0.717, 1.165) is 12.8 Å². The van der Waals surface area contributed by atoms with Crippen LogP contribution in [0, 0.1) is 5.92 Å². The van der Waals surface area contributed by atoms with Gasteiger partial charge in [-0.3, -0.25) is 4.79 Å². The number of aliphatic hydroxyl groups is 1. The number of aliphatic hydroxyl groups excluding tert-OH is 1. The molecule has 1 atom stereocenters. The van der Waals surface area contributed by atoms with Crippen LogP contribution >= 0.6 is 0 Å². The van der Waals surface area contributed by atoms with Crippen molar-refractivity contribution in [2.75, 3.05) is 18.5 Å². The third-order valence-electron chi connectivity index (χ3n) is 2.74. The smallest absolute Gasteiger partial charge is 0.293 e. The van der Waals surface area contributed by atoms with Crippen LogP contribution in [0.25, 0.3) is 0 Å². The summed E-state index contributed by atoms with van der Waals surface area (Å²) in [6, 6.07) is 0.367. The average molecular weight is 223 g/mol. The minimum atomic E-state index is -0.0601. The largest absolute Gasteiger partial charge is 0.396 e. The van der Waals surface area contributed by atoms with E-state index in [9.17, 15) is 4.79 Å². The molecule has 1 aliphatic rings. The van der Waals surface area contributed by atoms with Crippen molar-refractivity contribution in [1.82, 2.24) is 9.55 Å². The lowest BCUT2D eigenvalue weighted by Gasteiger charge is -2.10. The summed E-state index contributed by atoms with van der Waals surface area (Å²) in [6.45, 7) is 2.58. The molecule has 1 fully saturated rings. The van der Waals surface area contributed by atoms with Crippen molar-refractivity contribution in [3.8, 4) is 0 Å². The highest BCUT2D eigenvalue weighted by molar-refractivity contribution is 5.31. The molecule has 2 rings (SSSR count). The summed E-state index contributed by atoms with van der Waals surface area (Å²) in [5.74, 6) is 0.505. The number of nitrogens with one attached hydrogen (secondary N) is 1. The standard InChI is InChI=1S/C11H17N3O2/c1-8(7-15)6-13-10-11(16)14(5-4-12-10)9-2-3-9/h4-5,8-9,15H,2-3,6-7H2,1H3,(H,12,13). The number of rotatable bonds is 5. The zero-order valence-corrected chi connectivity index (χ0v) is 9.39. The Kier molecular flexibility index (Phi) is 3.24. The van der Waals surface area contributed by atoms with Crippen LogP contribution in [0.15, 0.2) is 17.2 Å². The maximum absolute atomic E-state index is 11.9. The first-order valence-electron chi connectivity index (χ1n) is 5.64. The van der Waals surface area contributed by atoms with Gasteiger partial charge in [0.15, 0.2) is 5.82 Å². The van der Waals surface area contributed by atoms with Gasteiger partial charge in [0.2, 0.25) is 0 Å². The first kappa shape index (κ1) is 11.1. The summed E-state index contributed by atoms with van der Waals surface area (Å²) in [7, 11) is 0. The lowest BCUT2D eigenvalue weighted by Crippen LogP contribution is -2.26. The zero-order valence-electron chi connectivity index (χ0n) is 9.39. The van der Waals surface area contributed by atoms with Crippen LogP contribution in [0.3, 0.4) is 0 Å². The van der Waals surface area contributed by atoms with Crippen LogP contribution in [0.5, 0.6) is 0 Å². The second kappa shape index (κ2) is 4.65. The molecule has 0 bridgehead atoms. The molecule has 0 amide bonds. The molecule has 0 radical (unpaired) electrons. The van der Waals surface area contributed by atoms with Gasteiger partial charge in [-0.2, -0.15) is 0 Å². The molecule has 1 aromatic heterocycles. The molecule has 88 valence electrons. The fourth-order valence-electron chi connectivity index (χ4n) is 1.52. The van der Waals surface area contributed by atoms with Gasteiger partial charge < -0.3 is 15.0 Å². The van der Waals surface area contributed by atoms with Crippen LogP contribution in [0.2, 0.25) is 0 Å². The van der Waals surface area contributed by atoms with E-state index in [0.29, 0.717) is 18.4 Å². The number of anilines is 1. The lowest BCUT2D eigenvalue weighted by atomic mass is 10.2. The molecule has 5 nitrogen and oxygen atoms in total. The Morgan fingerprint density at radius 2 is 2.44 bits per heavy atom. The van der Waals surface area contributed by atoms with Gasteiger partial charge >= 0.3 is 0 Å². The van der Waals surface area contributed by atoms with E-state index in [1.54, 1.807) is 17.0 Å². The average Bonchev–Trinajstić information content (AvgIpc) is 3.11. The molecule has 0 spiro atoms. The minimum absolute atomic E-state index is 0.0601. The summed E-state index contributed by atoms with van der Waals surface area (Å²) in [6.07, 6.45) is 5.54. The van der Waals surface area contributed by atoms with E-state index in [1.165, 1.54) is 0 Å². The predicted molar refractivity (Wildman–Crippen MR) is 61.5 cm³/mol. The highest BCUT2D eigenvalue weighted by Crippen LogP contribution is 2.33. The van der Waals surface area contributed by atoms with Crippen molar-refractivity contribution in [1.29, 1.82) is 0 Å². The van der Waals surface area contributed by atoms with E-state index in [2.05, 4.69) is 10.3 Å². The quantitative estimate of drug-likeness (QED) is 0.768. The second-order valence-electron chi connectivity index (χ2n) is 4.39. The molecule has 1 saturated carbocycles.